The highest BCUT2D eigenvalue weighted by atomic mass is 35.5. The summed E-state index contributed by atoms with van der Waals surface area (Å²) in [6, 6.07) is 20.7. The van der Waals surface area contributed by atoms with Crippen molar-refractivity contribution in [2.24, 2.45) is 0 Å². The Kier molecular flexibility index (Phi) is 7.40. The number of aryl methyl sites for hydroxylation is 1. The van der Waals surface area contributed by atoms with Crippen molar-refractivity contribution in [3.63, 3.8) is 0 Å². The monoisotopic (exact) mass is 494 g/mol. The first kappa shape index (κ1) is 23.7. The third kappa shape index (κ3) is 5.70. The van der Waals surface area contributed by atoms with Gasteiger partial charge in [-0.25, -0.2) is 4.68 Å². The normalized spacial score (nSPS) is 10.7. The maximum Gasteiger partial charge on any atom is 0.255 e. The molecule has 0 bridgehead atoms. The van der Waals surface area contributed by atoms with Crippen LogP contribution in [-0.2, 0) is 6.54 Å². The maximum atomic E-state index is 13.0. The summed E-state index contributed by atoms with van der Waals surface area (Å²) in [6.07, 6.45) is 0. The molecule has 0 fully saturated rings. The van der Waals surface area contributed by atoms with Gasteiger partial charge in [0, 0.05) is 16.5 Å². The van der Waals surface area contributed by atoms with E-state index in [4.69, 9.17) is 21.1 Å². The Bertz CT molecular complexity index is 1290. The van der Waals surface area contributed by atoms with Crippen molar-refractivity contribution in [1.29, 1.82) is 0 Å². The predicted molar refractivity (Wildman–Crippen MR) is 133 cm³/mol. The first-order chi connectivity index (χ1) is 16.4. The highest BCUT2D eigenvalue weighted by Crippen LogP contribution is 2.34. The number of hydrogen-bond acceptors (Lipinski definition) is 6. The van der Waals surface area contributed by atoms with E-state index in [0.29, 0.717) is 34.5 Å². The van der Waals surface area contributed by atoms with Crippen molar-refractivity contribution < 1.29 is 14.3 Å². The van der Waals surface area contributed by atoms with Gasteiger partial charge in [0.2, 0.25) is 5.28 Å². The SMILES string of the molecule is COc1cc(OC)cc(C(=O)Nc2ccccc2Sc2nc(Cl)nn2Cc2ccc(C)cc2)c1. The number of para-hydroxylation sites is 1. The minimum absolute atomic E-state index is 0.166. The fourth-order valence-corrected chi connectivity index (χ4v) is 4.37. The summed E-state index contributed by atoms with van der Waals surface area (Å²) in [5.41, 5.74) is 3.33. The van der Waals surface area contributed by atoms with Gasteiger partial charge in [0.05, 0.1) is 26.5 Å². The van der Waals surface area contributed by atoms with Crippen LogP contribution in [0.5, 0.6) is 11.5 Å². The van der Waals surface area contributed by atoms with Gasteiger partial charge in [-0.1, -0.05) is 42.0 Å². The number of benzene rings is 3. The minimum atomic E-state index is -0.288. The average Bonchev–Trinajstić information content (AvgIpc) is 3.19. The Hall–Kier alpha value is -3.49. The van der Waals surface area contributed by atoms with E-state index in [1.165, 1.54) is 17.3 Å². The molecular formula is C25H23ClN4O3S. The standard InChI is InChI=1S/C25H23ClN4O3S/c1-16-8-10-17(11-9-16)15-30-25(28-24(26)29-30)34-22-7-5-4-6-21(22)27-23(31)18-12-19(32-2)14-20(13-18)33-3/h4-14H,15H2,1-3H3,(H,27,31). The van der Waals surface area contributed by atoms with Crippen molar-refractivity contribution in [1.82, 2.24) is 14.8 Å². The van der Waals surface area contributed by atoms with Gasteiger partial charge in [0.15, 0.2) is 5.16 Å². The number of nitrogens with one attached hydrogen (secondary N) is 1. The van der Waals surface area contributed by atoms with Gasteiger partial charge in [-0.15, -0.1) is 5.10 Å². The summed E-state index contributed by atoms with van der Waals surface area (Å²) >= 11 is 7.51. The Labute approximate surface area is 207 Å². The highest BCUT2D eigenvalue weighted by molar-refractivity contribution is 7.99. The van der Waals surface area contributed by atoms with Crippen LogP contribution in [0.25, 0.3) is 0 Å². The largest absolute Gasteiger partial charge is 0.497 e. The number of amides is 1. The Morgan fingerprint density at radius 3 is 2.38 bits per heavy atom. The quantitative estimate of drug-likeness (QED) is 0.338. The van der Waals surface area contributed by atoms with Crippen LogP contribution in [0, 0.1) is 6.92 Å². The van der Waals surface area contributed by atoms with Crippen LogP contribution in [-0.4, -0.2) is 34.9 Å². The number of nitrogens with zero attached hydrogens (tertiary/aromatic N) is 3. The fraction of sp³-hybridized carbons (Fsp3) is 0.160. The molecule has 0 unspecified atom stereocenters. The van der Waals surface area contributed by atoms with Crippen LogP contribution in [0.3, 0.4) is 0 Å². The van der Waals surface area contributed by atoms with E-state index in [2.05, 4.69) is 39.7 Å². The van der Waals surface area contributed by atoms with E-state index >= 15 is 0 Å². The molecule has 4 rings (SSSR count). The molecule has 1 amide bonds. The third-order valence-electron chi connectivity index (χ3n) is 5.02. The van der Waals surface area contributed by atoms with Crippen LogP contribution < -0.4 is 14.8 Å². The second-order valence-corrected chi connectivity index (χ2v) is 8.81. The summed E-state index contributed by atoms with van der Waals surface area (Å²) in [4.78, 5) is 18.2. The number of hydrogen-bond donors (Lipinski definition) is 1. The number of methoxy groups -OCH3 is 2. The second-order valence-electron chi connectivity index (χ2n) is 7.46. The van der Waals surface area contributed by atoms with Crippen LogP contribution in [0.4, 0.5) is 5.69 Å². The lowest BCUT2D eigenvalue weighted by molar-refractivity contribution is 0.102. The van der Waals surface area contributed by atoms with Gasteiger partial charge >= 0.3 is 0 Å². The maximum absolute atomic E-state index is 13.0. The lowest BCUT2D eigenvalue weighted by Crippen LogP contribution is -2.13. The highest BCUT2D eigenvalue weighted by Gasteiger charge is 2.16. The molecule has 34 heavy (non-hydrogen) atoms. The van der Waals surface area contributed by atoms with Crippen LogP contribution in [0.15, 0.2) is 76.8 Å². The van der Waals surface area contributed by atoms with Crippen LogP contribution in [0.2, 0.25) is 5.28 Å². The predicted octanol–water partition coefficient (Wildman–Crippen LogP) is 5.71. The van der Waals surface area contributed by atoms with Crippen molar-refractivity contribution in [3.05, 3.63) is 88.7 Å². The van der Waals surface area contributed by atoms with Gasteiger partial charge in [-0.3, -0.25) is 4.79 Å². The summed E-state index contributed by atoms with van der Waals surface area (Å²) in [6.45, 7) is 2.57. The lowest BCUT2D eigenvalue weighted by Gasteiger charge is -2.12. The van der Waals surface area contributed by atoms with Gasteiger partial charge in [0.1, 0.15) is 11.5 Å². The molecule has 9 heteroatoms. The molecule has 0 atom stereocenters. The zero-order valence-corrected chi connectivity index (χ0v) is 20.5. The van der Waals surface area contributed by atoms with Gasteiger partial charge < -0.3 is 14.8 Å². The molecule has 1 aromatic heterocycles. The Morgan fingerprint density at radius 1 is 1.03 bits per heavy atom. The molecule has 4 aromatic rings. The number of aromatic nitrogens is 3. The van der Waals surface area contributed by atoms with Gasteiger partial charge in [0.25, 0.3) is 5.91 Å². The van der Waals surface area contributed by atoms with E-state index in [0.717, 1.165) is 10.5 Å². The molecule has 3 aromatic carbocycles. The topological polar surface area (TPSA) is 78.3 Å². The van der Waals surface area contributed by atoms with Crippen molar-refractivity contribution in [2.75, 3.05) is 19.5 Å². The van der Waals surface area contributed by atoms with E-state index in [9.17, 15) is 4.79 Å². The molecule has 7 nitrogen and oxygen atoms in total. The molecule has 0 spiro atoms. The molecule has 0 aliphatic rings. The molecule has 1 N–H and O–H groups in total. The smallest absolute Gasteiger partial charge is 0.255 e. The first-order valence-corrected chi connectivity index (χ1v) is 11.6. The molecule has 0 aliphatic carbocycles. The first-order valence-electron chi connectivity index (χ1n) is 10.4. The number of carbonyl (C=O) groups is 1. The molecule has 0 aliphatic heterocycles. The van der Waals surface area contributed by atoms with E-state index in [1.807, 2.05) is 31.2 Å². The van der Waals surface area contributed by atoms with Gasteiger partial charge in [-0.2, -0.15) is 4.98 Å². The van der Waals surface area contributed by atoms with Crippen molar-refractivity contribution in [2.45, 2.75) is 23.5 Å². The molecule has 0 radical (unpaired) electrons. The molecule has 0 saturated carbocycles. The van der Waals surface area contributed by atoms with Crippen LogP contribution in [0.1, 0.15) is 21.5 Å². The zero-order chi connectivity index (χ0) is 24.1. The second kappa shape index (κ2) is 10.6. The van der Waals surface area contributed by atoms with E-state index in [1.54, 1.807) is 37.1 Å². The summed E-state index contributed by atoms with van der Waals surface area (Å²) in [5, 5.41) is 8.09. The van der Waals surface area contributed by atoms with Gasteiger partial charge in [-0.05, 0) is 60.1 Å². The third-order valence-corrected chi connectivity index (χ3v) is 6.24. The number of halogens is 1. The molecule has 1 heterocycles. The van der Waals surface area contributed by atoms with E-state index < -0.39 is 0 Å². The Balaban J connectivity index is 1.57. The average molecular weight is 495 g/mol. The number of carbonyl (C=O) groups excluding carboxylic acids is 1. The van der Waals surface area contributed by atoms with Crippen LogP contribution >= 0.6 is 23.4 Å². The summed E-state index contributed by atoms with van der Waals surface area (Å²) < 4.78 is 12.3. The van der Waals surface area contributed by atoms with Crippen molar-refractivity contribution in [3.8, 4) is 11.5 Å². The summed E-state index contributed by atoms with van der Waals surface area (Å²) in [5.74, 6) is 0.779. The number of rotatable bonds is 8. The number of ether oxygens (including phenoxy) is 2. The molecular weight excluding hydrogens is 472 g/mol. The van der Waals surface area contributed by atoms with Crippen molar-refractivity contribution >= 4 is 35.0 Å². The fourth-order valence-electron chi connectivity index (χ4n) is 3.24. The Morgan fingerprint density at radius 2 is 1.71 bits per heavy atom. The number of anilines is 1. The zero-order valence-electron chi connectivity index (χ0n) is 18.9. The van der Waals surface area contributed by atoms with E-state index in [-0.39, 0.29) is 11.2 Å². The molecule has 174 valence electrons. The summed E-state index contributed by atoms with van der Waals surface area (Å²) in [7, 11) is 3.08. The minimum Gasteiger partial charge on any atom is -0.497 e. The molecule has 0 saturated heterocycles. The lowest BCUT2D eigenvalue weighted by atomic mass is 10.1.